The number of halogens is 1. The quantitative estimate of drug-likeness (QED) is 0.873. The maximum Gasteiger partial charge on any atom is 0.319 e. The average Bonchev–Trinajstić information content (AvgIpc) is 2.84. The summed E-state index contributed by atoms with van der Waals surface area (Å²) in [5.41, 5.74) is 0.727. The predicted molar refractivity (Wildman–Crippen MR) is 81.1 cm³/mol. The van der Waals surface area contributed by atoms with Crippen molar-refractivity contribution in [2.75, 3.05) is 5.32 Å². The number of benzene rings is 1. The Morgan fingerprint density at radius 1 is 1.32 bits per heavy atom. The van der Waals surface area contributed by atoms with E-state index in [0.29, 0.717) is 5.02 Å². The van der Waals surface area contributed by atoms with Gasteiger partial charge < -0.3 is 10.6 Å². The summed E-state index contributed by atoms with van der Waals surface area (Å²) < 4.78 is 0. The van der Waals surface area contributed by atoms with E-state index in [1.54, 1.807) is 35.6 Å². The lowest BCUT2D eigenvalue weighted by atomic mass is 10.2. The van der Waals surface area contributed by atoms with Crippen molar-refractivity contribution in [1.29, 1.82) is 0 Å². The number of anilines is 1. The Morgan fingerprint density at radius 3 is 2.68 bits per heavy atom. The van der Waals surface area contributed by atoms with Crippen molar-refractivity contribution in [2.24, 2.45) is 0 Å². The highest BCUT2D eigenvalue weighted by molar-refractivity contribution is 7.09. The second-order valence-electron chi connectivity index (χ2n) is 4.29. The fourth-order valence-corrected chi connectivity index (χ4v) is 2.67. The Balaban J connectivity index is 1.82. The van der Waals surface area contributed by atoms with E-state index in [2.05, 4.69) is 16.7 Å². The van der Waals surface area contributed by atoms with Crippen LogP contribution in [0.2, 0.25) is 5.02 Å². The normalized spacial score (nSPS) is 11.9. The van der Waals surface area contributed by atoms with Crippen LogP contribution in [0.15, 0.2) is 41.8 Å². The maximum atomic E-state index is 11.8. The van der Waals surface area contributed by atoms with Crippen LogP contribution in [0.4, 0.5) is 10.5 Å². The zero-order chi connectivity index (χ0) is 13.7. The third-order valence-corrected chi connectivity index (χ3v) is 3.72. The van der Waals surface area contributed by atoms with E-state index >= 15 is 0 Å². The minimum Gasteiger partial charge on any atom is -0.335 e. The number of thiophene rings is 1. The molecule has 0 fully saturated rings. The fourth-order valence-electron chi connectivity index (χ4n) is 1.71. The third-order valence-electron chi connectivity index (χ3n) is 2.57. The van der Waals surface area contributed by atoms with E-state index in [0.717, 1.165) is 12.1 Å². The van der Waals surface area contributed by atoms with E-state index < -0.39 is 0 Å². The first kappa shape index (κ1) is 13.9. The Morgan fingerprint density at radius 2 is 2.05 bits per heavy atom. The molecule has 1 heterocycles. The molecule has 1 aromatic carbocycles. The van der Waals surface area contributed by atoms with Crippen molar-refractivity contribution >= 4 is 34.7 Å². The van der Waals surface area contributed by atoms with Crippen LogP contribution in [0.1, 0.15) is 11.8 Å². The maximum absolute atomic E-state index is 11.8. The van der Waals surface area contributed by atoms with Crippen LogP contribution in [0.5, 0.6) is 0 Å². The van der Waals surface area contributed by atoms with Gasteiger partial charge in [0.25, 0.3) is 0 Å². The molecule has 0 unspecified atom stereocenters. The molecule has 1 atom stereocenters. The van der Waals surface area contributed by atoms with Gasteiger partial charge in [-0.15, -0.1) is 11.3 Å². The summed E-state index contributed by atoms with van der Waals surface area (Å²) in [7, 11) is 0. The molecule has 0 radical (unpaired) electrons. The van der Waals surface area contributed by atoms with Crippen LogP contribution < -0.4 is 10.6 Å². The van der Waals surface area contributed by atoms with Gasteiger partial charge in [0.2, 0.25) is 0 Å². The summed E-state index contributed by atoms with van der Waals surface area (Å²) in [5.74, 6) is 0. The van der Waals surface area contributed by atoms with Crippen molar-refractivity contribution in [3.63, 3.8) is 0 Å². The van der Waals surface area contributed by atoms with E-state index in [1.807, 2.05) is 18.4 Å². The number of carbonyl (C=O) groups is 1. The molecular formula is C14H15ClN2OS. The van der Waals surface area contributed by atoms with Gasteiger partial charge in [-0.1, -0.05) is 17.7 Å². The number of nitrogens with one attached hydrogen (secondary N) is 2. The van der Waals surface area contributed by atoms with E-state index in [4.69, 9.17) is 11.6 Å². The monoisotopic (exact) mass is 294 g/mol. The molecule has 0 aliphatic carbocycles. The number of hydrogen-bond donors (Lipinski definition) is 2. The van der Waals surface area contributed by atoms with Crippen LogP contribution in [0, 0.1) is 0 Å². The molecule has 0 aliphatic rings. The first-order chi connectivity index (χ1) is 9.13. The number of carbonyl (C=O) groups excluding carboxylic acids is 1. The van der Waals surface area contributed by atoms with Gasteiger partial charge in [-0.3, -0.25) is 0 Å². The van der Waals surface area contributed by atoms with Gasteiger partial charge in [0, 0.05) is 28.0 Å². The lowest BCUT2D eigenvalue weighted by Crippen LogP contribution is -2.37. The molecule has 0 spiro atoms. The Hall–Kier alpha value is -1.52. The third kappa shape index (κ3) is 4.58. The molecule has 0 bridgehead atoms. The fraction of sp³-hybridized carbons (Fsp3) is 0.214. The van der Waals surface area contributed by atoms with Crippen LogP contribution in [-0.2, 0) is 6.42 Å². The summed E-state index contributed by atoms with van der Waals surface area (Å²) in [6.45, 7) is 1.99. The zero-order valence-corrected chi connectivity index (χ0v) is 12.1. The van der Waals surface area contributed by atoms with Gasteiger partial charge >= 0.3 is 6.03 Å². The van der Waals surface area contributed by atoms with Crippen molar-refractivity contribution in [2.45, 2.75) is 19.4 Å². The number of urea groups is 1. The molecule has 3 nitrogen and oxygen atoms in total. The van der Waals surface area contributed by atoms with Gasteiger partial charge in [-0.25, -0.2) is 4.79 Å². The molecule has 5 heteroatoms. The molecule has 0 saturated heterocycles. The summed E-state index contributed by atoms with van der Waals surface area (Å²) >= 11 is 7.48. The lowest BCUT2D eigenvalue weighted by Gasteiger charge is -2.13. The topological polar surface area (TPSA) is 41.1 Å². The van der Waals surface area contributed by atoms with E-state index in [1.165, 1.54) is 4.88 Å². The summed E-state index contributed by atoms with van der Waals surface area (Å²) in [6.07, 6.45) is 0.839. The number of hydrogen-bond acceptors (Lipinski definition) is 2. The summed E-state index contributed by atoms with van der Waals surface area (Å²) in [4.78, 5) is 13.0. The molecule has 2 N–H and O–H groups in total. The number of amides is 2. The number of rotatable bonds is 4. The van der Waals surface area contributed by atoms with Crippen molar-refractivity contribution < 1.29 is 4.79 Å². The molecule has 1 aromatic heterocycles. The van der Waals surface area contributed by atoms with Crippen molar-refractivity contribution in [3.8, 4) is 0 Å². The van der Waals surface area contributed by atoms with Gasteiger partial charge in [0.05, 0.1) is 0 Å². The molecule has 100 valence electrons. The van der Waals surface area contributed by atoms with Crippen LogP contribution >= 0.6 is 22.9 Å². The molecule has 19 heavy (non-hydrogen) atoms. The largest absolute Gasteiger partial charge is 0.335 e. The molecule has 2 aromatic rings. The summed E-state index contributed by atoms with van der Waals surface area (Å²) in [5, 5.41) is 8.37. The molecule has 0 aliphatic heterocycles. The van der Waals surface area contributed by atoms with Gasteiger partial charge in [0.1, 0.15) is 0 Å². The minimum absolute atomic E-state index is 0.0888. The zero-order valence-electron chi connectivity index (χ0n) is 10.5. The van der Waals surface area contributed by atoms with Crippen LogP contribution in [0.3, 0.4) is 0 Å². The van der Waals surface area contributed by atoms with Crippen LogP contribution in [-0.4, -0.2) is 12.1 Å². The standard InChI is InChI=1S/C14H15ClN2OS/c1-10(9-13-3-2-8-19-13)16-14(18)17-12-6-4-11(15)5-7-12/h2-8,10H,9H2,1H3,(H2,16,17,18)/t10-/m0/s1. The molecule has 2 rings (SSSR count). The highest BCUT2D eigenvalue weighted by Crippen LogP contribution is 2.14. The highest BCUT2D eigenvalue weighted by Gasteiger charge is 2.08. The second-order valence-corrected chi connectivity index (χ2v) is 5.76. The Kier molecular flexibility index (Phi) is 4.82. The smallest absolute Gasteiger partial charge is 0.319 e. The molecular weight excluding hydrogens is 280 g/mol. The van der Waals surface area contributed by atoms with E-state index in [9.17, 15) is 4.79 Å². The first-order valence-corrected chi connectivity index (χ1v) is 7.25. The van der Waals surface area contributed by atoms with E-state index in [-0.39, 0.29) is 12.1 Å². The van der Waals surface area contributed by atoms with Gasteiger partial charge in [0.15, 0.2) is 0 Å². The van der Waals surface area contributed by atoms with Gasteiger partial charge in [-0.05, 0) is 42.6 Å². The highest BCUT2D eigenvalue weighted by atomic mass is 35.5. The first-order valence-electron chi connectivity index (χ1n) is 5.99. The molecule has 2 amide bonds. The lowest BCUT2D eigenvalue weighted by molar-refractivity contribution is 0.249. The SMILES string of the molecule is C[C@@H](Cc1cccs1)NC(=O)Nc1ccc(Cl)cc1. The van der Waals surface area contributed by atoms with Crippen molar-refractivity contribution in [3.05, 3.63) is 51.7 Å². The summed E-state index contributed by atoms with van der Waals surface area (Å²) in [6, 6.07) is 11.0. The van der Waals surface area contributed by atoms with Crippen molar-refractivity contribution in [1.82, 2.24) is 5.32 Å². The average molecular weight is 295 g/mol. The minimum atomic E-state index is -0.202. The Labute approximate surface area is 121 Å². The Bertz CT molecular complexity index is 525. The van der Waals surface area contributed by atoms with Crippen LogP contribution in [0.25, 0.3) is 0 Å². The van der Waals surface area contributed by atoms with Gasteiger partial charge in [-0.2, -0.15) is 0 Å². The second kappa shape index (κ2) is 6.59. The predicted octanol–water partition coefficient (Wildman–Crippen LogP) is 4.15. The molecule has 0 saturated carbocycles.